The Morgan fingerprint density at radius 1 is 1.35 bits per heavy atom. The summed E-state index contributed by atoms with van der Waals surface area (Å²) in [6.45, 7) is 8.32. The first-order valence-electron chi connectivity index (χ1n) is 7.74. The Kier molecular flexibility index (Phi) is 6.99. The number of amides is 2. The first-order valence-corrected chi connectivity index (χ1v) is 7.74. The normalized spacial score (nSPS) is 19.9. The molecule has 20 heavy (non-hydrogen) atoms. The average molecular weight is 283 g/mol. The van der Waals surface area contributed by atoms with E-state index in [-0.39, 0.29) is 24.4 Å². The number of piperazine rings is 1. The van der Waals surface area contributed by atoms with E-state index >= 15 is 0 Å². The number of unbranched alkanes of at least 4 members (excludes halogenated alkanes) is 1. The van der Waals surface area contributed by atoms with Gasteiger partial charge in [0, 0.05) is 12.6 Å². The molecule has 1 atom stereocenters. The number of nitrogens with one attached hydrogen (secondary N) is 1. The number of hydrogen-bond donors (Lipinski definition) is 1. The van der Waals surface area contributed by atoms with Crippen LogP contribution in [0.3, 0.4) is 0 Å². The fourth-order valence-corrected chi connectivity index (χ4v) is 2.37. The van der Waals surface area contributed by atoms with Crippen molar-refractivity contribution in [3.8, 4) is 0 Å². The third-order valence-corrected chi connectivity index (χ3v) is 3.93. The van der Waals surface area contributed by atoms with Crippen molar-refractivity contribution in [2.45, 2.75) is 58.5 Å². The first-order chi connectivity index (χ1) is 9.45. The molecule has 1 heterocycles. The predicted molar refractivity (Wildman–Crippen MR) is 80.4 cm³/mol. The van der Waals surface area contributed by atoms with Gasteiger partial charge in [0.05, 0.1) is 6.54 Å². The van der Waals surface area contributed by atoms with Crippen LogP contribution in [0.5, 0.6) is 0 Å². The van der Waals surface area contributed by atoms with Crippen LogP contribution in [0.15, 0.2) is 0 Å². The minimum atomic E-state index is -0.306. The summed E-state index contributed by atoms with van der Waals surface area (Å²) in [4.78, 5) is 27.8. The summed E-state index contributed by atoms with van der Waals surface area (Å²) in [5, 5.41) is 2.78. The molecule has 0 aliphatic carbocycles. The Morgan fingerprint density at radius 3 is 2.65 bits per heavy atom. The maximum atomic E-state index is 12.2. The molecule has 1 unspecified atom stereocenters. The van der Waals surface area contributed by atoms with Crippen molar-refractivity contribution in [3.05, 3.63) is 0 Å². The summed E-state index contributed by atoms with van der Waals surface area (Å²) in [5.74, 6) is 0.0611. The van der Waals surface area contributed by atoms with Gasteiger partial charge in [-0.1, -0.05) is 13.3 Å². The summed E-state index contributed by atoms with van der Waals surface area (Å²) in [7, 11) is 2.11. The fraction of sp³-hybridized carbons (Fsp3) is 0.867. The summed E-state index contributed by atoms with van der Waals surface area (Å²) >= 11 is 0. The second kappa shape index (κ2) is 8.25. The monoisotopic (exact) mass is 283 g/mol. The van der Waals surface area contributed by atoms with Gasteiger partial charge in [-0.25, -0.2) is 0 Å². The zero-order valence-corrected chi connectivity index (χ0v) is 13.3. The summed E-state index contributed by atoms with van der Waals surface area (Å²) < 4.78 is 0. The molecule has 1 saturated heterocycles. The van der Waals surface area contributed by atoms with Crippen molar-refractivity contribution < 1.29 is 9.59 Å². The van der Waals surface area contributed by atoms with Crippen LogP contribution < -0.4 is 5.32 Å². The largest absolute Gasteiger partial charge is 0.343 e. The minimum absolute atomic E-state index is 0.0256. The quantitative estimate of drug-likeness (QED) is 0.682. The van der Waals surface area contributed by atoms with E-state index in [1.165, 1.54) is 0 Å². The maximum Gasteiger partial charge on any atom is 0.245 e. The molecule has 1 rings (SSSR count). The smallest absolute Gasteiger partial charge is 0.245 e. The molecule has 5 nitrogen and oxygen atoms in total. The Labute approximate surface area is 122 Å². The molecule has 1 N–H and O–H groups in total. The summed E-state index contributed by atoms with van der Waals surface area (Å²) in [6.07, 6.45) is 3.65. The van der Waals surface area contributed by atoms with Gasteiger partial charge in [0.25, 0.3) is 0 Å². The molecule has 0 aromatic carbocycles. The van der Waals surface area contributed by atoms with Gasteiger partial charge >= 0.3 is 0 Å². The first kappa shape index (κ1) is 17.0. The van der Waals surface area contributed by atoms with Crippen molar-refractivity contribution in [1.82, 2.24) is 15.1 Å². The molecular weight excluding hydrogens is 254 g/mol. The molecule has 0 spiro atoms. The summed E-state index contributed by atoms with van der Waals surface area (Å²) in [6, 6.07) is 0.242. The Hall–Kier alpha value is -1.10. The Bertz CT molecular complexity index is 331. The highest BCUT2D eigenvalue weighted by atomic mass is 16.2. The molecule has 0 aromatic heterocycles. The van der Waals surface area contributed by atoms with E-state index in [2.05, 4.69) is 31.1 Å². The van der Waals surface area contributed by atoms with E-state index < -0.39 is 0 Å². The number of hydrogen-bond acceptors (Lipinski definition) is 3. The number of rotatable bonds is 8. The fourth-order valence-electron chi connectivity index (χ4n) is 2.37. The number of carbonyl (C=O) groups excluding carboxylic acids is 2. The third kappa shape index (κ3) is 5.12. The van der Waals surface area contributed by atoms with Crippen molar-refractivity contribution in [2.75, 3.05) is 26.7 Å². The molecule has 0 saturated carbocycles. The SMILES string of the molecule is CCCC1NC(=O)CN(CCCCN(C)C(C)C)C1=O. The van der Waals surface area contributed by atoms with E-state index in [4.69, 9.17) is 0 Å². The average Bonchev–Trinajstić information content (AvgIpc) is 2.39. The second-order valence-electron chi connectivity index (χ2n) is 5.95. The predicted octanol–water partition coefficient (Wildman–Crippen LogP) is 1.23. The van der Waals surface area contributed by atoms with Crippen LogP contribution in [0, 0.1) is 0 Å². The van der Waals surface area contributed by atoms with Gasteiger partial charge in [0.2, 0.25) is 11.8 Å². The molecule has 0 bridgehead atoms. The standard InChI is InChI=1S/C15H29N3O2/c1-5-8-13-15(20)18(11-14(19)16-13)10-7-6-9-17(4)12(2)3/h12-13H,5-11H2,1-4H3,(H,16,19). The maximum absolute atomic E-state index is 12.2. The highest BCUT2D eigenvalue weighted by Gasteiger charge is 2.31. The van der Waals surface area contributed by atoms with Crippen LogP contribution in [0.1, 0.15) is 46.5 Å². The second-order valence-corrected chi connectivity index (χ2v) is 5.95. The van der Waals surface area contributed by atoms with Crippen LogP contribution in [0.25, 0.3) is 0 Å². The van der Waals surface area contributed by atoms with Crippen LogP contribution in [-0.4, -0.2) is 60.4 Å². The topological polar surface area (TPSA) is 52.7 Å². The van der Waals surface area contributed by atoms with Gasteiger partial charge in [0.1, 0.15) is 6.04 Å². The molecule has 1 aliphatic heterocycles. The molecule has 1 aliphatic rings. The van der Waals surface area contributed by atoms with Crippen molar-refractivity contribution in [3.63, 3.8) is 0 Å². The lowest BCUT2D eigenvalue weighted by Gasteiger charge is -2.32. The van der Waals surface area contributed by atoms with Gasteiger partial charge < -0.3 is 15.1 Å². The highest BCUT2D eigenvalue weighted by Crippen LogP contribution is 2.09. The molecular formula is C15H29N3O2. The molecule has 2 amide bonds. The van der Waals surface area contributed by atoms with Crippen molar-refractivity contribution in [1.29, 1.82) is 0 Å². The minimum Gasteiger partial charge on any atom is -0.343 e. The number of carbonyl (C=O) groups is 2. The molecule has 1 fully saturated rings. The van der Waals surface area contributed by atoms with E-state index in [0.717, 1.165) is 32.2 Å². The van der Waals surface area contributed by atoms with Crippen molar-refractivity contribution >= 4 is 11.8 Å². The van der Waals surface area contributed by atoms with Gasteiger partial charge in [-0.15, -0.1) is 0 Å². The van der Waals surface area contributed by atoms with Crippen molar-refractivity contribution in [2.24, 2.45) is 0 Å². The van der Waals surface area contributed by atoms with Gasteiger partial charge in [-0.3, -0.25) is 9.59 Å². The zero-order valence-electron chi connectivity index (χ0n) is 13.3. The zero-order chi connectivity index (χ0) is 15.1. The lowest BCUT2D eigenvalue weighted by atomic mass is 10.1. The van der Waals surface area contributed by atoms with Gasteiger partial charge in [-0.05, 0) is 46.7 Å². The lowest BCUT2D eigenvalue weighted by Crippen LogP contribution is -2.58. The van der Waals surface area contributed by atoms with Crippen LogP contribution in [-0.2, 0) is 9.59 Å². The van der Waals surface area contributed by atoms with E-state index in [9.17, 15) is 9.59 Å². The molecule has 116 valence electrons. The van der Waals surface area contributed by atoms with Crippen LogP contribution in [0.2, 0.25) is 0 Å². The van der Waals surface area contributed by atoms with Gasteiger partial charge in [-0.2, -0.15) is 0 Å². The summed E-state index contributed by atoms with van der Waals surface area (Å²) in [5.41, 5.74) is 0. The van der Waals surface area contributed by atoms with Gasteiger partial charge in [0.15, 0.2) is 0 Å². The highest BCUT2D eigenvalue weighted by molar-refractivity contribution is 5.94. The third-order valence-electron chi connectivity index (χ3n) is 3.93. The molecule has 5 heteroatoms. The van der Waals surface area contributed by atoms with E-state index in [1.54, 1.807) is 4.90 Å². The lowest BCUT2D eigenvalue weighted by molar-refractivity contribution is -0.144. The Balaban J connectivity index is 2.34. The molecule has 0 radical (unpaired) electrons. The molecule has 0 aromatic rings. The Morgan fingerprint density at radius 2 is 2.05 bits per heavy atom. The van der Waals surface area contributed by atoms with Crippen LogP contribution >= 0.6 is 0 Å². The van der Waals surface area contributed by atoms with Crippen LogP contribution in [0.4, 0.5) is 0 Å². The van der Waals surface area contributed by atoms with E-state index in [0.29, 0.717) is 12.6 Å². The number of nitrogens with zero attached hydrogens (tertiary/aromatic N) is 2. The van der Waals surface area contributed by atoms with E-state index in [1.807, 2.05) is 6.92 Å².